The zero-order valence-electron chi connectivity index (χ0n) is 20.5. The summed E-state index contributed by atoms with van der Waals surface area (Å²) in [4.78, 5) is 39.2. The van der Waals surface area contributed by atoms with Crippen molar-refractivity contribution in [3.8, 4) is 5.69 Å². The van der Waals surface area contributed by atoms with Gasteiger partial charge in [-0.15, -0.1) is 11.3 Å². The minimum atomic E-state index is -0.385. The molecule has 0 radical (unpaired) electrons. The molecule has 0 saturated carbocycles. The first-order chi connectivity index (χ1) is 18.0. The highest BCUT2D eigenvalue weighted by Gasteiger charge is 2.16. The van der Waals surface area contributed by atoms with Crippen molar-refractivity contribution in [3.05, 3.63) is 133 Å². The molecular formula is C30H27N3O3S. The molecule has 0 fully saturated rings. The van der Waals surface area contributed by atoms with Crippen LogP contribution >= 0.6 is 11.3 Å². The lowest BCUT2D eigenvalue weighted by atomic mass is 10.1. The number of nitrogens with zero attached hydrogens (tertiary/aromatic N) is 2. The molecule has 0 atom stereocenters. The van der Waals surface area contributed by atoms with Crippen LogP contribution in [0.25, 0.3) is 15.9 Å². The van der Waals surface area contributed by atoms with E-state index in [-0.39, 0.29) is 23.6 Å². The van der Waals surface area contributed by atoms with Crippen molar-refractivity contribution in [3.63, 3.8) is 0 Å². The summed E-state index contributed by atoms with van der Waals surface area (Å²) in [5.41, 5.74) is 4.50. The Labute approximate surface area is 218 Å². The number of nitrogens with one attached hydrogen (secondary N) is 1. The second-order valence-electron chi connectivity index (χ2n) is 9.06. The van der Waals surface area contributed by atoms with Crippen molar-refractivity contribution in [2.75, 3.05) is 6.54 Å². The molecule has 0 spiro atoms. The predicted octanol–water partition coefficient (Wildman–Crippen LogP) is 4.47. The molecule has 0 unspecified atom stereocenters. The number of rotatable bonds is 8. The number of carbonyl (C=O) groups is 1. The quantitative estimate of drug-likeness (QED) is 0.335. The number of hydrogen-bond acceptors (Lipinski definition) is 4. The van der Waals surface area contributed by atoms with E-state index in [1.807, 2.05) is 73.0 Å². The second kappa shape index (κ2) is 10.8. The molecule has 2 heterocycles. The molecule has 7 heteroatoms. The van der Waals surface area contributed by atoms with Gasteiger partial charge < -0.3 is 5.32 Å². The fourth-order valence-electron chi connectivity index (χ4n) is 4.46. The van der Waals surface area contributed by atoms with E-state index >= 15 is 0 Å². The van der Waals surface area contributed by atoms with Gasteiger partial charge in [-0.1, -0.05) is 72.3 Å². The molecule has 0 saturated heterocycles. The Hall–Kier alpha value is -4.23. The van der Waals surface area contributed by atoms with Gasteiger partial charge in [0.05, 0.1) is 24.2 Å². The van der Waals surface area contributed by atoms with Crippen LogP contribution in [0.15, 0.2) is 99.9 Å². The van der Waals surface area contributed by atoms with Crippen molar-refractivity contribution in [2.45, 2.75) is 26.3 Å². The number of thiophene rings is 1. The number of benzene rings is 3. The van der Waals surface area contributed by atoms with Crippen LogP contribution in [0.2, 0.25) is 0 Å². The van der Waals surface area contributed by atoms with Crippen LogP contribution in [0.3, 0.4) is 0 Å². The Morgan fingerprint density at radius 3 is 2.38 bits per heavy atom. The first kappa shape index (κ1) is 24.5. The number of aromatic nitrogens is 2. The normalized spacial score (nSPS) is 11.1. The molecule has 6 nitrogen and oxygen atoms in total. The van der Waals surface area contributed by atoms with Crippen molar-refractivity contribution in [2.24, 2.45) is 0 Å². The molecule has 37 heavy (non-hydrogen) atoms. The SMILES string of the molecule is Cc1cccc(Cn2c(=O)n(-c3ccc(CC(=O)NCCc4ccccc4)cc3)c(=O)c3sccc32)c1. The van der Waals surface area contributed by atoms with Gasteiger partial charge in [0.1, 0.15) is 4.70 Å². The highest BCUT2D eigenvalue weighted by molar-refractivity contribution is 7.17. The second-order valence-corrected chi connectivity index (χ2v) is 9.98. The molecule has 0 aliphatic rings. The summed E-state index contributed by atoms with van der Waals surface area (Å²) < 4.78 is 3.41. The maximum Gasteiger partial charge on any atom is 0.336 e. The summed E-state index contributed by atoms with van der Waals surface area (Å²) in [5.74, 6) is -0.0682. The zero-order valence-corrected chi connectivity index (χ0v) is 21.3. The summed E-state index contributed by atoms with van der Waals surface area (Å²) in [7, 11) is 0. The number of hydrogen-bond donors (Lipinski definition) is 1. The lowest BCUT2D eigenvalue weighted by Gasteiger charge is -2.13. The molecule has 3 aromatic carbocycles. The largest absolute Gasteiger partial charge is 0.355 e. The van der Waals surface area contributed by atoms with Crippen LogP contribution < -0.4 is 16.6 Å². The summed E-state index contributed by atoms with van der Waals surface area (Å²) in [6.45, 7) is 2.95. The van der Waals surface area contributed by atoms with Gasteiger partial charge in [0, 0.05) is 6.54 Å². The molecule has 186 valence electrons. The van der Waals surface area contributed by atoms with Gasteiger partial charge >= 0.3 is 5.69 Å². The average Bonchev–Trinajstić information content (AvgIpc) is 3.39. The van der Waals surface area contributed by atoms with Gasteiger partial charge in [-0.2, -0.15) is 0 Å². The predicted molar refractivity (Wildman–Crippen MR) is 149 cm³/mol. The third kappa shape index (κ3) is 5.47. The standard InChI is InChI=1S/C30H27N3O3S/c1-21-6-5-9-24(18-21)20-32-26-15-17-37-28(26)29(35)33(30(32)36)25-12-10-23(11-13-25)19-27(34)31-16-14-22-7-3-2-4-8-22/h2-13,15,17-18H,14,16,19-20H2,1H3,(H,31,34). The van der Waals surface area contributed by atoms with Crippen molar-refractivity contribution >= 4 is 27.5 Å². The maximum absolute atomic E-state index is 13.6. The summed E-state index contributed by atoms with van der Waals surface area (Å²) in [6.07, 6.45) is 1.000. The van der Waals surface area contributed by atoms with Crippen LogP contribution in [-0.4, -0.2) is 21.6 Å². The van der Waals surface area contributed by atoms with E-state index in [4.69, 9.17) is 0 Å². The first-order valence-electron chi connectivity index (χ1n) is 12.2. The van der Waals surface area contributed by atoms with E-state index in [0.29, 0.717) is 29.0 Å². The zero-order chi connectivity index (χ0) is 25.8. The van der Waals surface area contributed by atoms with Crippen LogP contribution in [0.5, 0.6) is 0 Å². The molecule has 1 amide bonds. The molecule has 5 rings (SSSR count). The lowest BCUT2D eigenvalue weighted by Crippen LogP contribution is -2.38. The Morgan fingerprint density at radius 2 is 1.62 bits per heavy atom. The average molecular weight is 510 g/mol. The van der Waals surface area contributed by atoms with Crippen LogP contribution in [0.4, 0.5) is 0 Å². The summed E-state index contributed by atoms with van der Waals surface area (Å²) in [6, 6.07) is 26.9. The molecule has 0 aliphatic carbocycles. The maximum atomic E-state index is 13.6. The molecule has 0 aliphatic heterocycles. The van der Waals surface area contributed by atoms with Crippen LogP contribution in [0, 0.1) is 6.92 Å². The summed E-state index contributed by atoms with van der Waals surface area (Å²) in [5, 5.41) is 4.79. The number of fused-ring (bicyclic) bond motifs is 1. The highest BCUT2D eigenvalue weighted by atomic mass is 32.1. The Bertz CT molecular complexity index is 1660. The summed E-state index contributed by atoms with van der Waals surface area (Å²) >= 11 is 1.33. The highest BCUT2D eigenvalue weighted by Crippen LogP contribution is 2.18. The van der Waals surface area contributed by atoms with E-state index in [9.17, 15) is 14.4 Å². The Morgan fingerprint density at radius 1 is 0.865 bits per heavy atom. The van der Waals surface area contributed by atoms with Crippen molar-refractivity contribution in [1.29, 1.82) is 0 Å². The molecule has 2 aromatic heterocycles. The van der Waals surface area contributed by atoms with E-state index in [1.165, 1.54) is 21.5 Å². The number of aryl methyl sites for hydroxylation is 1. The topological polar surface area (TPSA) is 73.1 Å². The third-order valence-corrected chi connectivity index (χ3v) is 7.21. The van der Waals surface area contributed by atoms with Gasteiger partial charge in [-0.25, -0.2) is 9.36 Å². The van der Waals surface area contributed by atoms with Gasteiger partial charge in [0.15, 0.2) is 0 Å². The van der Waals surface area contributed by atoms with E-state index < -0.39 is 0 Å². The van der Waals surface area contributed by atoms with E-state index in [0.717, 1.165) is 23.1 Å². The van der Waals surface area contributed by atoms with Crippen LogP contribution in [0.1, 0.15) is 22.3 Å². The third-order valence-electron chi connectivity index (χ3n) is 6.32. The minimum Gasteiger partial charge on any atom is -0.355 e. The molecular weight excluding hydrogens is 482 g/mol. The van der Waals surface area contributed by atoms with Gasteiger partial charge in [0.25, 0.3) is 5.56 Å². The monoisotopic (exact) mass is 509 g/mol. The van der Waals surface area contributed by atoms with Gasteiger partial charge in [-0.3, -0.25) is 14.2 Å². The fraction of sp³-hybridized carbons (Fsp3) is 0.167. The Balaban J connectivity index is 1.36. The minimum absolute atomic E-state index is 0.0682. The fourth-order valence-corrected chi connectivity index (χ4v) is 5.29. The molecule has 5 aromatic rings. The van der Waals surface area contributed by atoms with E-state index in [1.54, 1.807) is 28.8 Å². The molecule has 0 bridgehead atoms. The lowest BCUT2D eigenvalue weighted by molar-refractivity contribution is -0.120. The molecule has 1 N–H and O–H groups in total. The number of amides is 1. The van der Waals surface area contributed by atoms with Crippen molar-refractivity contribution < 1.29 is 4.79 Å². The first-order valence-corrected chi connectivity index (χ1v) is 13.1. The smallest absolute Gasteiger partial charge is 0.336 e. The Kier molecular flexibility index (Phi) is 7.14. The van der Waals surface area contributed by atoms with Crippen molar-refractivity contribution in [1.82, 2.24) is 14.5 Å². The van der Waals surface area contributed by atoms with Gasteiger partial charge in [-0.05, 0) is 53.6 Å². The van der Waals surface area contributed by atoms with Crippen LogP contribution in [-0.2, 0) is 24.2 Å². The van der Waals surface area contributed by atoms with E-state index in [2.05, 4.69) is 5.32 Å². The number of carbonyl (C=O) groups excluding carboxylic acids is 1. The van der Waals surface area contributed by atoms with Gasteiger partial charge in [0.2, 0.25) is 5.91 Å².